The van der Waals surface area contributed by atoms with E-state index < -0.39 is 0 Å². The van der Waals surface area contributed by atoms with Gasteiger partial charge < -0.3 is 29.2 Å². The fourth-order valence-corrected chi connectivity index (χ4v) is 9.16. The highest BCUT2D eigenvalue weighted by Crippen LogP contribution is 2.30. The second-order valence-electron chi connectivity index (χ2n) is 21.1. The molecule has 5 heterocycles. The van der Waals surface area contributed by atoms with Gasteiger partial charge in [0.2, 0.25) is 0 Å². The van der Waals surface area contributed by atoms with Gasteiger partial charge in [0.15, 0.2) is 0 Å². The zero-order valence-corrected chi connectivity index (χ0v) is 52.5. The number of rotatable bonds is 12. The predicted molar refractivity (Wildman–Crippen MR) is 364 cm³/mol. The van der Waals surface area contributed by atoms with E-state index in [1.807, 2.05) is 207 Å². The summed E-state index contributed by atoms with van der Waals surface area (Å²) in [6.07, 6.45) is 0. The van der Waals surface area contributed by atoms with Crippen LogP contribution in [-0.4, -0.2) is 67.3 Å². The number of hydrogen-bond acceptors (Lipinski definition) is 11. The number of aryl methyl sites for hydroxylation is 8. The van der Waals surface area contributed by atoms with Gasteiger partial charge in [0.05, 0.1) is 7.11 Å². The summed E-state index contributed by atoms with van der Waals surface area (Å²) in [5.74, 6) is 5.67. The lowest BCUT2D eigenvalue weighted by atomic mass is 10.1. The molecule has 11 aromatic rings. The van der Waals surface area contributed by atoms with Crippen molar-refractivity contribution in [3.8, 4) is 16.9 Å². The summed E-state index contributed by atoms with van der Waals surface area (Å²) in [5.41, 5.74) is 17.2. The second-order valence-corrected chi connectivity index (χ2v) is 21.1. The Labute approximate surface area is 511 Å². The van der Waals surface area contributed by atoms with Gasteiger partial charge in [0.1, 0.15) is 34.8 Å². The molecular formula is C75H82N10O. The summed E-state index contributed by atoms with van der Waals surface area (Å²) in [6.45, 7) is 16.4. The summed E-state index contributed by atoms with van der Waals surface area (Å²) in [5, 5.41) is 0. The maximum Gasteiger partial charge on any atom is 0.132 e. The third-order valence-electron chi connectivity index (χ3n) is 14.2. The molecule has 0 amide bonds. The number of hydrogen-bond donors (Lipinski definition) is 0. The van der Waals surface area contributed by atoms with E-state index in [-0.39, 0.29) is 0 Å². The average molecular weight is 1140 g/mol. The van der Waals surface area contributed by atoms with Gasteiger partial charge in [0, 0.05) is 98.2 Å². The smallest absolute Gasteiger partial charge is 0.132 e. The molecule has 0 unspecified atom stereocenters. The summed E-state index contributed by atoms with van der Waals surface area (Å²) in [6, 6.07) is 82.3. The fourth-order valence-electron chi connectivity index (χ4n) is 9.16. The molecule has 0 atom stereocenters. The van der Waals surface area contributed by atoms with Crippen molar-refractivity contribution >= 4 is 57.5 Å². The molecule has 11 nitrogen and oxygen atoms in total. The van der Waals surface area contributed by atoms with Gasteiger partial charge in [0.25, 0.3) is 0 Å². The van der Waals surface area contributed by atoms with Gasteiger partial charge >= 0.3 is 0 Å². The number of para-hydroxylation sites is 1. The van der Waals surface area contributed by atoms with Crippen molar-refractivity contribution in [3.63, 3.8) is 0 Å². The molecule has 0 aliphatic rings. The first-order valence-corrected chi connectivity index (χ1v) is 28.8. The van der Waals surface area contributed by atoms with E-state index >= 15 is 0 Å². The maximum atomic E-state index is 5.22. The molecule has 0 spiro atoms. The Hall–Kier alpha value is -10.1. The zero-order valence-electron chi connectivity index (χ0n) is 52.5. The normalized spacial score (nSPS) is 10.2. The number of ether oxygens (including phenoxy) is 1. The molecule has 11 heteroatoms. The highest BCUT2D eigenvalue weighted by Gasteiger charge is 2.11. The highest BCUT2D eigenvalue weighted by molar-refractivity contribution is 5.69. The second kappa shape index (κ2) is 31.5. The minimum atomic E-state index is 0.849. The van der Waals surface area contributed by atoms with Crippen LogP contribution in [0.15, 0.2) is 243 Å². The SMILES string of the molecule is COc1cccc(N(C)c2cccc(C)n2)c1.Cc1ccc(N(C)c2cccc(C)n2)c(C)c1.Cc1ccc(N(C)c2cccc(C)n2)cc1.Cc1cccc(N(C)c2ccc(-c3ccccc3)cc2)n1.Cc1cccc(N(C)c2ccccc2)n1. The number of methoxy groups -OCH3 is 1. The molecule has 6 aromatic carbocycles. The summed E-state index contributed by atoms with van der Waals surface area (Å²) in [7, 11) is 11.8. The average Bonchev–Trinajstić information content (AvgIpc) is 3.74. The number of pyridine rings is 5. The molecule has 0 saturated carbocycles. The summed E-state index contributed by atoms with van der Waals surface area (Å²) in [4.78, 5) is 33.0. The van der Waals surface area contributed by atoms with E-state index in [1.54, 1.807) is 7.11 Å². The van der Waals surface area contributed by atoms with Crippen molar-refractivity contribution in [3.05, 3.63) is 288 Å². The van der Waals surface area contributed by atoms with E-state index in [4.69, 9.17) is 4.74 Å². The van der Waals surface area contributed by atoms with Crippen molar-refractivity contribution in [2.24, 2.45) is 0 Å². The Kier molecular flexibility index (Phi) is 23.2. The quantitative estimate of drug-likeness (QED) is 0.117. The van der Waals surface area contributed by atoms with Crippen LogP contribution in [0.25, 0.3) is 11.1 Å². The Morgan fingerprint density at radius 3 is 0.988 bits per heavy atom. The molecule has 0 aliphatic heterocycles. The molecule has 438 valence electrons. The maximum absolute atomic E-state index is 5.22. The molecule has 0 fully saturated rings. The van der Waals surface area contributed by atoms with Crippen molar-refractivity contribution in [2.75, 3.05) is 66.8 Å². The van der Waals surface area contributed by atoms with Crippen molar-refractivity contribution < 1.29 is 4.74 Å². The van der Waals surface area contributed by atoms with Crippen LogP contribution in [-0.2, 0) is 0 Å². The standard InChI is InChI=1S/C19H18N2.C15H18N2.C14H16N2O.C14H16N2.C13H14N2/c1-15-7-6-10-19(20-15)21(2)18-13-11-17(12-14-18)16-8-4-3-5-9-16;1-11-8-9-14(12(2)10-11)17(4)15-7-5-6-13(3)16-15;1-11-6-4-9-14(15-11)16(2)12-7-5-8-13(10-12)17-3;1-11-7-9-13(10-8-11)16(3)14-6-4-5-12(2)15-14;1-11-7-6-10-13(14-11)15(2)12-8-4-3-5-9-12/h3-14H,1-2H3;5-10H,1-4H3;4-10H,1-3H3;4-10H,1-3H3;3-10H,1-2H3. The first kappa shape index (κ1) is 63.5. The molecule has 0 saturated heterocycles. The Morgan fingerprint density at radius 2 is 0.593 bits per heavy atom. The first-order chi connectivity index (χ1) is 41.5. The largest absolute Gasteiger partial charge is 0.497 e. The van der Waals surface area contributed by atoms with Crippen LogP contribution in [0.4, 0.5) is 57.5 Å². The molecular weight excluding hydrogens is 1060 g/mol. The van der Waals surface area contributed by atoms with Crippen LogP contribution in [0.3, 0.4) is 0 Å². The van der Waals surface area contributed by atoms with Crippen LogP contribution in [0.2, 0.25) is 0 Å². The van der Waals surface area contributed by atoms with Gasteiger partial charge in [-0.3, -0.25) is 0 Å². The van der Waals surface area contributed by atoms with Crippen LogP contribution < -0.4 is 29.2 Å². The number of aromatic nitrogens is 5. The van der Waals surface area contributed by atoms with Gasteiger partial charge in [-0.15, -0.1) is 0 Å². The minimum absolute atomic E-state index is 0.849. The minimum Gasteiger partial charge on any atom is -0.497 e. The molecule has 0 N–H and O–H groups in total. The van der Waals surface area contributed by atoms with E-state index in [0.717, 1.165) is 86.1 Å². The molecule has 0 aliphatic carbocycles. The lowest BCUT2D eigenvalue weighted by molar-refractivity contribution is 0.415. The van der Waals surface area contributed by atoms with E-state index in [0.29, 0.717) is 0 Å². The number of anilines is 10. The number of nitrogens with zero attached hydrogens (tertiary/aromatic N) is 10. The van der Waals surface area contributed by atoms with Crippen molar-refractivity contribution in [2.45, 2.75) is 55.4 Å². The lowest BCUT2D eigenvalue weighted by Gasteiger charge is -2.21. The van der Waals surface area contributed by atoms with Gasteiger partial charge in [-0.05, 0) is 187 Å². The third kappa shape index (κ3) is 18.7. The summed E-state index contributed by atoms with van der Waals surface area (Å²) >= 11 is 0. The highest BCUT2D eigenvalue weighted by atomic mass is 16.5. The predicted octanol–water partition coefficient (Wildman–Crippen LogP) is 18.4. The zero-order chi connectivity index (χ0) is 61.5. The monoisotopic (exact) mass is 1140 g/mol. The van der Waals surface area contributed by atoms with Crippen LogP contribution in [0, 0.1) is 55.4 Å². The van der Waals surface area contributed by atoms with Gasteiger partial charge in [-0.2, -0.15) is 0 Å². The Bertz CT molecular complexity index is 3840. The third-order valence-corrected chi connectivity index (χ3v) is 14.2. The topological polar surface area (TPSA) is 89.9 Å². The summed E-state index contributed by atoms with van der Waals surface area (Å²) < 4.78 is 5.22. The van der Waals surface area contributed by atoms with Crippen molar-refractivity contribution in [1.82, 2.24) is 24.9 Å². The number of benzene rings is 6. The van der Waals surface area contributed by atoms with Gasteiger partial charge in [-0.25, -0.2) is 24.9 Å². The molecule has 0 bridgehead atoms. The van der Waals surface area contributed by atoms with E-state index in [1.165, 1.54) is 33.5 Å². The van der Waals surface area contributed by atoms with Crippen LogP contribution >= 0.6 is 0 Å². The van der Waals surface area contributed by atoms with Crippen LogP contribution in [0.1, 0.15) is 45.2 Å². The molecule has 0 radical (unpaired) electrons. The lowest BCUT2D eigenvalue weighted by Crippen LogP contribution is -2.12. The van der Waals surface area contributed by atoms with Crippen molar-refractivity contribution in [1.29, 1.82) is 0 Å². The van der Waals surface area contributed by atoms with E-state index in [2.05, 4.69) is 175 Å². The first-order valence-electron chi connectivity index (χ1n) is 28.8. The Balaban J connectivity index is 0.000000155. The van der Waals surface area contributed by atoms with Gasteiger partial charge in [-0.1, -0.05) is 132 Å². The molecule has 11 rings (SSSR count). The van der Waals surface area contributed by atoms with E-state index in [9.17, 15) is 0 Å². The molecule has 5 aromatic heterocycles. The molecule has 86 heavy (non-hydrogen) atoms. The fraction of sp³-hybridized carbons (Fsp3) is 0.187. The van der Waals surface area contributed by atoms with Crippen LogP contribution in [0.5, 0.6) is 5.75 Å². The Morgan fingerprint density at radius 1 is 0.267 bits per heavy atom.